The van der Waals surface area contributed by atoms with Crippen LogP contribution in [0.1, 0.15) is 43.0 Å². The van der Waals surface area contributed by atoms with Crippen molar-refractivity contribution in [3.05, 3.63) is 65.0 Å². The molecule has 24 heavy (non-hydrogen) atoms. The Labute approximate surface area is 142 Å². The van der Waals surface area contributed by atoms with Crippen LogP contribution in [0.4, 0.5) is 4.39 Å². The van der Waals surface area contributed by atoms with Gasteiger partial charge in [0.1, 0.15) is 11.6 Å². The van der Waals surface area contributed by atoms with Crippen LogP contribution in [0.2, 0.25) is 0 Å². The van der Waals surface area contributed by atoms with Crippen LogP contribution in [0, 0.1) is 19.7 Å². The van der Waals surface area contributed by atoms with E-state index in [-0.39, 0.29) is 17.8 Å². The number of ether oxygens (including phenoxy) is 1. The van der Waals surface area contributed by atoms with Gasteiger partial charge in [-0.25, -0.2) is 4.39 Å². The molecule has 2 aromatic rings. The van der Waals surface area contributed by atoms with Crippen LogP contribution in [0.25, 0.3) is 0 Å². The van der Waals surface area contributed by atoms with Gasteiger partial charge in [-0.3, -0.25) is 4.79 Å². The first kappa shape index (κ1) is 18.0. The van der Waals surface area contributed by atoms with Crippen molar-refractivity contribution in [1.82, 2.24) is 5.32 Å². The van der Waals surface area contributed by atoms with E-state index in [2.05, 4.69) is 5.32 Å². The highest BCUT2D eigenvalue weighted by Gasteiger charge is 2.21. The molecule has 0 fully saturated rings. The van der Waals surface area contributed by atoms with Crippen LogP contribution >= 0.6 is 0 Å². The molecular formula is C20H24FNO2. The predicted molar refractivity (Wildman–Crippen MR) is 93.6 cm³/mol. The smallest absolute Gasteiger partial charge is 0.261 e. The fourth-order valence-corrected chi connectivity index (χ4v) is 2.47. The largest absolute Gasteiger partial charge is 0.480 e. The number of amides is 1. The Balaban J connectivity index is 2.05. The molecule has 0 heterocycles. The summed E-state index contributed by atoms with van der Waals surface area (Å²) < 4.78 is 18.9. The van der Waals surface area contributed by atoms with E-state index in [0.717, 1.165) is 22.4 Å². The topological polar surface area (TPSA) is 38.3 Å². The van der Waals surface area contributed by atoms with Crippen molar-refractivity contribution in [2.75, 3.05) is 0 Å². The third kappa shape index (κ3) is 4.34. The summed E-state index contributed by atoms with van der Waals surface area (Å²) in [4.78, 5) is 12.5. The predicted octanol–water partition coefficient (Wildman–Crippen LogP) is 4.48. The molecule has 0 radical (unpaired) electrons. The molecule has 0 aromatic heterocycles. The number of nitrogens with one attached hydrogen (secondary N) is 1. The fourth-order valence-electron chi connectivity index (χ4n) is 2.47. The minimum absolute atomic E-state index is 0.171. The number of carbonyl (C=O) groups is 1. The zero-order valence-corrected chi connectivity index (χ0v) is 14.6. The first-order chi connectivity index (χ1) is 11.4. The SMILES string of the molecule is CC[C@@H](Oc1cccc(C)c1C)C(=O)N[C@@H](C)c1ccc(F)cc1. The van der Waals surface area contributed by atoms with Gasteiger partial charge in [0.15, 0.2) is 6.10 Å². The summed E-state index contributed by atoms with van der Waals surface area (Å²) in [7, 11) is 0. The minimum Gasteiger partial charge on any atom is -0.480 e. The standard InChI is InChI=1S/C20H24FNO2/c1-5-18(24-19-8-6-7-13(2)14(19)3)20(23)22-15(4)16-9-11-17(21)12-10-16/h6-12,15,18H,5H2,1-4H3,(H,22,23)/t15-,18+/m0/s1. The van der Waals surface area contributed by atoms with Gasteiger partial charge >= 0.3 is 0 Å². The van der Waals surface area contributed by atoms with Crippen molar-refractivity contribution in [2.24, 2.45) is 0 Å². The van der Waals surface area contributed by atoms with Crippen molar-refractivity contribution in [1.29, 1.82) is 0 Å². The van der Waals surface area contributed by atoms with Crippen molar-refractivity contribution < 1.29 is 13.9 Å². The zero-order valence-electron chi connectivity index (χ0n) is 14.6. The molecule has 0 bridgehead atoms. The summed E-state index contributed by atoms with van der Waals surface area (Å²) in [5, 5.41) is 2.93. The van der Waals surface area contributed by atoms with Crippen LogP contribution in [0.15, 0.2) is 42.5 Å². The third-order valence-corrected chi connectivity index (χ3v) is 4.22. The second kappa shape index (κ2) is 7.95. The van der Waals surface area contributed by atoms with Gasteiger partial charge in [0.05, 0.1) is 6.04 Å². The first-order valence-corrected chi connectivity index (χ1v) is 8.21. The molecule has 4 heteroatoms. The Morgan fingerprint density at radius 1 is 1.17 bits per heavy atom. The van der Waals surface area contributed by atoms with Gasteiger partial charge in [-0.15, -0.1) is 0 Å². The first-order valence-electron chi connectivity index (χ1n) is 8.21. The van der Waals surface area contributed by atoms with Crippen LogP contribution in [0.5, 0.6) is 5.75 Å². The zero-order chi connectivity index (χ0) is 17.7. The highest BCUT2D eigenvalue weighted by molar-refractivity contribution is 5.81. The lowest BCUT2D eigenvalue weighted by Gasteiger charge is -2.22. The summed E-state index contributed by atoms with van der Waals surface area (Å²) >= 11 is 0. The molecule has 2 aromatic carbocycles. The molecule has 128 valence electrons. The Kier molecular flexibility index (Phi) is 5.96. The number of aryl methyl sites for hydroxylation is 1. The maximum absolute atomic E-state index is 13.0. The van der Waals surface area contributed by atoms with Crippen molar-refractivity contribution in [3.63, 3.8) is 0 Å². The summed E-state index contributed by atoms with van der Waals surface area (Å²) in [6.07, 6.45) is 0.00317. The second-order valence-corrected chi connectivity index (χ2v) is 5.99. The van der Waals surface area contributed by atoms with E-state index < -0.39 is 6.10 Å². The summed E-state index contributed by atoms with van der Waals surface area (Å²) in [5.74, 6) is 0.267. The number of hydrogen-bond acceptors (Lipinski definition) is 2. The molecular weight excluding hydrogens is 305 g/mol. The molecule has 1 N–H and O–H groups in total. The maximum Gasteiger partial charge on any atom is 0.261 e. The normalized spacial score (nSPS) is 13.2. The van der Waals surface area contributed by atoms with Crippen LogP contribution in [-0.4, -0.2) is 12.0 Å². The number of benzene rings is 2. The number of carbonyl (C=O) groups excluding carboxylic acids is 1. The highest BCUT2D eigenvalue weighted by Crippen LogP contribution is 2.23. The fraction of sp³-hybridized carbons (Fsp3) is 0.350. The molecule has 3 nitrogen and oxygen atoms in total. The number of rotatable bonds is 6. The van der Waals surface area contributed by atoms with Gasteiger partial charge in [-0.05, 0) is 62.1 Å². The molecule has 0 saturated heterocycles. The lowest BCUT2D eigenvalue weighted by Crippen LogP contribution is -2.39. The van der Waals surface area contributed by atoms with Gasteiger partial charge in [0.2, 0.25) is 0 Å². The molecule has 2 rings (SSSR count). The maximum atomic E-state index is 13.0. The van der Waals surface area contributed by atoms with E-state index >= 15 is 0 Å². The Bertz CT molecular complexity index is 697. The molecule has 0 aliphatic carbocycles. The number of hydrogen-bond donors (Lipinski definition) is 1. The van der Waals surface area contributed by atoms with Crippen molar-refractivity contribution in [2.45, 2.75) is 46.3 Å². The van der Waals surface area contributed by atoms with Gasteiger partial charge in [-0.1, -0.05) is 31.2 Å². The van der Waals surface area contributed by atoms with E-state index in [0.29, 0.717) is 6.42 Å². The average Bonchev–Trinajstić information content (AvgIpc) is 2.56. The van der Waals surface area contributed by atoms with E-state index in [1.54, 1.807) is 12.1 Å². The van der Waals surface area contributed by atoms with Crippen LogP contribution in [-0.2, 0) is 4.79 Å². The lowest BCUT2D eigenvalue weighted by atomic mass is 10.1. The van der Waals surface area contributed by atoms with E-state index in [4.69, 9.17) is 4.74 Å². The number of halogens is 1. The van der Waals surface area contributed by atoms with Crippen molar-refractivity contribution >= 4 is 5.91 Å². The Morgan fingerprint density at radius 2 is 1.83 bits per heavy atom. The van der Waals surface area contributed by atoms with Gasteiger partial charge in [0, 0.05) is 0 Å². The van der Waals surface area contributed by atoms with E-state index in [1.165, 1.54) is 12.1 Å². The molecule has 0 saturated carbocycles. The molecule has 0 aliphatic rings. The van der Waals surface area contributed by atoms with E-state index in [9.17, 15) is 9.18 Å². The molecule has 0 unspecified atom stereocenters. The van der Waals surface area contributed by atoms with Gasteiger partial charge < -0.3 is 10.1 Å². The summed E-state index contributed by atoms with van der Waals surface area (Å²) in [5.41, 5.74) is 3.02. The monoisotopic (exact) mass is 329 g/mol. The molecule has 2 atom stereocenters. The second-order valence-electron chi connectivity index (χ2n) is 5.99. The Morgan fingerprint density at radius 3 is 2.46 bits per heavy atom. The highest BCUT2D eigenvalue weighted by atomic mass is 19.1. The quantitative estimate of drug-likeness (QED) is 0.849. The summed E-state index contributed by atoms with van der Waals surface area (Å²) in [6, 6.07) is 11.7. The summed E-state index contributed by atoms with van der Waals surface area (Å²) in [6.45, 7) is 7.78. The minimum atomic E-state index is -0.562. The van der Waals surface area contributed by atoms with Gasteiger partial charge in [-0.2, -0.15) is 0 Å². The van der Waals surface area contributed by atoms with Crippen LogP contribution in [0.3, 0.4) is 0 Å². The molecule has 1 amide bonds. The van der Waals surface area contributed by atoms with E-state index in [1.807, 2.05) is 45.9 Å². The lowest BCUT2D eigenvalue weighted by molar-refractivity contribution is -0.128. The van der Waals surface area contributed by atoms with Crippen LogP contribution < -0.4 is 10.1 Å². The molecule has 0 aliphatic heterocycles. The Hall–Kier alpha value is -2.36. The van der Waals surface area contributed by atoms with Gasteiger partial charge in [0.25, 0.3) is 5.91 Å². The molecule has 0 spiro atoms. The average molecular weight is 329 g/mol. The third-order valence-electron chi connectivity index (χ3n) is 4.22. The van der Waals surface area contributed by atoms with Crippen molar-refractivity contribution in [3.8, 4) is 5.75 Å².